The van der Waals surface area contributed by atoms with Crippen LogP contribution in [0.3, 0.4) is 0 Å². The highest BCUT2D eigenvalue weighted by Gasteiger charge is 2.47. The lowest BCUT2D eigenvalue weighted by Crippen LogP contribution is -2.37. The Morgan fingerprint density at radius 2 is 0.882 bits per heavy atom. The minimum atomic E-state index is -0.825. The van der Waals surface area contributed by atoms with Gasteiger partial charge in [0.1, 0.15) is 11.5 Å². The summed E-state index contributed by atoms with van der Waals surface area (Å²) in [5.41, 5.74) is 3.85. The molecule has 1 unspecified atom stereocenters. The van der Waals surface area contributed by atoms with Gasteiger partial charge in [-0.1, -0.05) is 127 Å². The number of para-hydroxylation sites is 2. The molecule has 0 heterocycles. The van der Waals surface area contributed by atoms with Crippen LogP contribution in [0.2, 0.25) is 0 Å². The van der Waals surface area contributed by atoms with E-state index < -0.39 is 5.41 Å². The normalized spacial score (nSPS) is 12.2. The first-order valence-electron chi connectivity index (χ1n) is 11.4. The lowest BCUT2D eigenvalue weighted by Gasteiger charge is -2.43. The zero-order valence-corrected chi connectivity index (χ0v) is 18.8. The van der Waals surface area contributed by atoms with Crippen LogP contribution in [0.4, 0.5) is 0 Å². The van der Waals surface area contributed by atoms with Gasteiger partial charge in [-0.2, -0.15) is 0 Å². The second-order valence-corrected chi connectivity index (χ2v) is 8.46. The molecule has 0 saturated carbocycles. The van der Waals surface area contributed by atoms with Crippen molar-refractivity contribution >= 4 is 0 Å². The van der Waals surface area contributed by atoms with Crippen LogP contribution < -0.4 is 0 Å². The first kappa shape index (κ1) is 21.5. The monoisotopic (exact) mass is 442 g/mol. The second-order valence-electron chi connectivity index (χ2n) is 8.46. The van der Waals surface area contributed by atoms with E-state index in [0.29, 0.717) is 0 Å². The minimum Gasteiger partial charge on any atom is -0.508 e. The third-order valence-electron chi connectivity index (χ3n) is 6.60. The SMILES string of the molecule is Oc1ccccc1C(c1ccccc1)C(c1ccccc1)(c1ccccc1)c1ccccc1O. The van der Waals surface area contributed by atoms with Crippen molar-refractivity contribution in [3.8, 4) is 11.5 Å². The Hall–Kier alpha value is -4.30. The second kappa shape index (κ2) is 9.29. The zero-order valence-electron chi connectivity index (χ0n) is 18.8. The average molecular weight is 443 g/mol. The van der Waals surface area contributed by atoms with Crippen LogP contribution in [0.1, 0.15) is 33.7 Å². The summed E-state index contributed by atoms with van der Waals surface area (Å²) < 4.78 is 0. The predicted molar refractivity (Wildman–Crippen MR) is 137 cm³/mol. The summed E-state index contributed by atoms with van der Waals surface area (Å²) in [6.45, 7) is 0. The fraction of sp³-hybridized carbons (Fsp3) is 0.0625. The first-order valence-corrected chi connectivity index (χ1v) is 11.4. The van der Waals surface area contributed by atoms with Gasteiger partial charge in [0.05, 0.1) is 5.41 Å². The van der Waals surface area contributed by atoms with Crippen molar-refractivity contribution in [2.24, 2.45) is 0 Å². The van der Waals surface area contributed by atoms with Crippen LogP contribution in [-0.4, -0.2) is 10.2 Å². The van der Waals surface area contributed by atoms with Gasteiger partial charge in [0, 0.05) is 17.0 Å². The van der Waals surface area contributed by atoms with E-state index in [4.69, 9.17) is 0 Å². The van der Waals surface area contributed by atoms with E-state index in [1.807, 2.05) is 91.0 Å². The maximum absolute atomic E-state index is 11.3. The van der Waals surface area contributed by atoms with Gasteiger partial charge >= 0.3 is 0 Å². The molecular formula is C32H26O2. The molecule has 0 spiro atoms. The van der Waals surface area contributed by atoms with Crippen molar-refractivity contribution in [3.63, 3.8) is 0 Å². The van der Waals surface area contributed by atoms with E-state index in [-0.39, 0.29) is 17.4 Å². The van der Waals surface area contributed by atoms with Crippen LogP contribution in [0.25, 0.3) is 0 Å². The fourth-order valence-electron chi connectivity index (χ4n) is 5.22. The molecule has 5 aromatic rings. The maximum Gasteiger partial charge on any atom is 0.120 e. The summed E-state index contributed by atoms with van der Waals surface area (Å²) in [7, 11) is 0. The summed E-state index contributed by atoms with van der Waals surface area (Å²) in [5, 5.41) is 22.5. The highest BCUT2D eigenvalue weighted by molar-refractivity contribution is 5.62. The molecule has 0 aromatic heterocycles. The van der Waals surface area contributed by atoms with Crippen LogP contribution in [0, 0.1) is 0 Å². The third-order valence-corrected chi connectivity index (χ3v) is 6.60. The highest BCUT2D eigenvalue weighted by atomic mass is 16.3. The van der Waals surface area contributed by atoms with Crippen molar-refractivity contribution in [1.82, 2.24) is 0 Å². The molecule has 0 aliphatic heterocycles. The van der Waals surface area contributed by atoms with E-state index >= 15 is 0 Å². The quantitative estimate of drug-likeness (QED) is 0.272. The molecule has 2 N–H and O–H groups in total. The van der Waals surface area contributed by atoms with Crippen molar-refractivity contribution in [2.75, 3.05) is 0 Å². The van der Waals surface area contributed by atoms with Gasteiger partial charge in [0.25, 0.3) is 0 Å². The smallest absolute Gasteiger partial charge is 0.120 e. The Kier molecular flexibility index (Phi) is 5.88. The molecule has 0 amide bonds. The number of benzene rings is 5. The van der Waals surface area contributed by atoms with Crippen molar-refractivity contribution in [2.45, 2.75) is 11.3 Å². The van der Waals surface area contributed by atoms with Crippen molar-refractivity contribution < 1.29 is 10.2 Å². The Labute approximate surface area is 200 Å². The molecule has 0 aliphatic carbocycles. The summed E-state index contributed by atoms with van der Waals surface area (Å²) in [5.74, 6) is 0.113. The van der Waals surface area contributed by atoms with E-state index in [2.05, 4.69) is 36.4 Å². The molecule has 0 fully saturated rings. The van der Waals surface area contributed by atoms with Crippen LogP contribution >= 0.6 is 0 Å². The van der Waals surface area contributed by atoms with Crippen molar-refractivity contribution in [1.29, 1.82) is 0 Å². The molecule has 1 atom stereocenters. The average Bonchev–Trinajstić information content (AvgIpc) is 2.90. The number of rotatable bonds is 6. The fourth-order valence-corrected chi connectivity index (χ4v) is 5.22. The maximum atomic E-state index is 11.3. The topological polar surface area (TPSA) is 40.5 Å². The highest BCUT2D eigenvalue weighted by Crippen LogP contribution is 2.55. The number of hydrogen-bond donors (Lipinski definition) is 2. The third kappa shape index (κ3) is 3.64. The van der Waals surface area contributed by atoms with Crippen LogP contribution in [-0.2, 0) is 5.41 Å². The lowest BCUT2D eigenvalue weighted by atomic mass is 9.58. The van der Waals surface area contributed by atoms with Gasteiger partial charge < -0.3 is 10.2 Å². The Bertz CT molecular complexity index is 1320. The van der Waals surface area contributed by atoms with E-state index in [1.54, 1.807) is 12.1 Å². The minimum absolute atomic E-state index is 0.214. The molecule has 5 aromatic carbocycles. The number of aromatic hydroxyl groups is 2. The summed E-state index contributed by atoms with van der Waals surface area (Å²) in [6.07, 6.45) is 0. The largest absolute Gasteiger partial charge is 0.508 e. The molecule has 0 bridgehead atoms. The van der Waals surface area contributed by atoms with Gasteiger partial charge in [-0.05, 0) is 28.8 Å². The van der Waals surface area contributed by atoms with E-state index in [9.17, 15) is 10.2 Å². The van der Waals surface area contributed by atoms with Crippen molar-refractivity contribution in [3.05, 3.63) is 167 Å². The molecule has 5 rings (SSSR count). The Morgan fingerprint density at radius 3 is 1.41 bits per heavy atom. The zero-order chi connectivity index (χ0) is 23.4. The summed E-state index contributed by atoms with van der Waals surface area (Å²) >= 11 is 0. The van der Waals surface area contributed by atoms with Gasteiger partial charge in [-0.15, -0.1) is 0 Å². The molecule has 0 aliphatic rings. The lowest BCUT2D eigenvalue weighted by molar-refractivity contribution is 0.427. The molecular weight excluding hydrogens is 416 g/mol. The summed E-state index contributed by atoms with van der Waals surface area (Å²) in [6, 6.07) is 45.8. The molecule has 2 heteroatoms. The number of hydrogen-bond acceptors (Lipinski definition) is 2. The summed E-state index contributed by atoms with van der Waals surface area (Å²) in [4.78, 5) is 0. The van der Waals surface area contributed by atoms with E-state index in [0.717, 1.165) is 27.8 Å². The van der Waals surface area contributed by atoms with E-state index in [1.165, 1.54) is 0 Å². The Morgan fingerprint density at radius 1 is 0.441 bits per heavy atom. The van der Waals surface area contributed by atoms with Gasteiger partial charge in [0.2, 0.25) is 0 Å². The predicted octanol–water partition coefficient (Wildman–Crippen LogP) is 7.26. The number of phenolic OH excluding ortho intramolecular Hbond substituents is 2. The van der Waals surface area contributed by atoms with Gasteiger partial charge in [-0.3, -0.25) is 0 Å². The first-order chi connectivity index (χ1) is 16.7. The molecule has 34 heavy (non-hydrogen) atoms. The Balaban J connectivity index is 2.00. The molecule has 0 radical (unpaired) electrons. The molecule has 2 nitrogen and oxygen atoms in total. The number of phenols is 2. The standard InChI is InChI=1S/C32H26O2/c33-29-22-12-10-20-27(29)31(24-14-4-1-5-15-24)32(25-16-6-2-7-17-25,26-18-8-3-9-19-26)28-21-11-13-23-30(28)34/h1-23,31,33-34H. The van der Waals surface area contributed by atoms with Crippen LogP contribution in [0.15, 0.2) is 140 Å². The molecule has 166 valence electrons. The van der Waals surface area contributed by atoms with Crippen LogP contribution in [0.5, 0.6) is 11.5 Å². The molecule has 0 saturated heterocycles. The van der Waals surface area contributed by atoms with Gasteiger partial charge in [-0.25, -0.2) is 0 Å². The van der Waals surface area contributed by atoms with Gasteiger partial charge in [0.15, 0.2) is 0 Å².